The van der Waals surface area contributed by atoms with E-state index in [0.29, 0.717) is 17.4 Å². The zero-order chi connectivity index (χ0) is 15.1. The minimum Gasteiger partial charge on any atom is -0.480 e. The Labute approximate surface area is 124 Å². The molecule has 0 saturated carbocycles. The maximum atomic E-state index is 12.3. The van der Waals surface area contributed by atoms with Crippen LogP contribution in [0, 0.1) is 0 Å². The molecule has 0 bridgehead atoms. The second-order valence-electron chi connectivity index (χ2n) is 4.81. The molecule has 1 aromatic carbocycles. The average molecular weight is 295 g/mol. The van der Waals surface area contributed by atoms with Crippen molar-refractivity contribution in [1.82, 2.24) is 4.90 Å². The lowest BCUT2D eigenvalue weighted by Gasteiger charge is -2.20. The van der Waals surface area contributed by atoms with E-state index >= 15 is 0 Å². The summed E-state index contributed by atoms with van der Waals surface area (Å²) in [4.78, 5) is 25.5. The van der Waals surface area contributed by atoms with Crippen LogP contribution < -0.4 is 0 Å². The Morgan fingerprint density at radius 1 is 1.25 bits per heavy atom. The lowest BCUT2D eigenvalue weighted by Crippen LogP contribution is -2.36. The van der Waals surface area contributed by atoms with Gasteiger partial charge < -0.3 is 10.0 Å². The fourth-order valence-electron chi connectivity index (χ4n) is 1.82. The first-order chi connectivity index (χ1) is 9.43. The van der Waals surface area contributed by atoms with Crippen molar-refractivity contribution in [2.45, 2.75) is 37.3 Å². The number of hydrogen-bond donors (Lipinski definition) is 1. The van der Waals surface area contributed by atoms with Crippen LogP contribution in [0.5, 0.6) is 0 Å². The minimum atomic E-state index is -0.987. The van der Waals surface area contributed by atoms with Crippen molar-refractivity contribution in [2.75, 3.05) is 13.1 Å². The maximum absolute atomic E-state index is 12.3. The van der Waals surface area contributed by atoms with Gasteiger partial charge in [0.25, 0.3) is 5.91 Å². The average Bonchev–Trinajstić information content (AvgIpc) is 2.37. The van der Waals surface area contributed by atoms with E-state index in [1.54, 1.807) is 23.9 Å². The number of nitrogens with zero attached hydrogens (tertiary/aromatic N) is 1. The molecule has 1 N–H and O–H groups in total. The van der Waals surface area contributed by atoms with E-state index in [1.165, 1.54) is 4.90 Å². The number of carboxylic acid groups (broad SMARTS) is 1. The molecule has 0 saturated heterocycles. The third-order valence-corrected chi connectivity index (χ3v) is 3.60. The highest BCUT2D eigenvalue weighted by molar-refractivity contribution is 7.99. The first-order valence-electron chi connectivity index (χ1n) is 6.71. The first kappa shape index (κ1) is 16.6. The minimum absolute atomic E-state index is 0.227. The molecule has 0 aliphatic carbocycles. The van der Waals surface area contributed by atoms with Gasteiger partial charge in [-0.1, -0.05) is 20.8 Å². The van der Waals surface area contributed by atoms with Crippen molar-refractivity contribution in [3.05, 3.63) is 29.8 Å². The summed E-state index contributed by atoms with van der Waals surface area (Å²) >= 11 is 1.73. The Hall–Kier alpha value is -1.49. The number of carboxylic acids is 1. The number of thioether (sulfide) groups is 1. The van der Waals surface area contributed by atoms with E-state index in [9.17, 15) is 9.59 Å². The zero-order valence-corrected chi connectivity index (χ0v) is 12.9. The Kier molecular flexibility index (Phi) is 6.58. The van der Waals surface area contributed by atoms with Crippen molar-refractivity contribution in [3.8, 4) is 0 Å². The van der Waals surface area contributed by atoms with E-state index < -0.39 is 5.97 Å². The SMILES string of the molecule is CCCN(CC(=O)O)C(=O)c1ccc(SC(C)C)cc1. The van der Waals surface area contributed by atoms with Crippen LogP contribution in [-0.2, 0) is 4.79 Å². The van der Waals surface area contributed by atoms with Crippen LogP contribution in [0.25, 0.3) is 0 Å². The highest BCUT2D eigenvalue weighted by atomic mass is 32.2. The molecule has 0 radical (unpaired) electrons. The largest absolute Gasteiger partial charge is 0.480 e. The van der Waals surface area contributed by atoms with Crippen molar-refractivity contribution < 1.29 is 14.7 Å². The Bertz CT molecular complexity index is 457. The van der Waals surface area contributed by atoms with Crippen LogP contribution in [0.3, 0.4) is 0 Å². The molecule has 0 aliphatic heterocycles. The molecule has 5 heteroatoms. The number of carbonyl (C=O) groups excluding carboxylic acids is 1. The number of aliphatic carboxylic acids is 1. The zero-order valence-electron chi connectivity index (χ0n) is 12.1. The van der Waals surface area contributed by atoms with Gasteiger partial charge in [-0.3, -0.25) is 9.59 Å². The summed E-state index contributed by atoms with van der Waals surface area (Å²) in [6, 6.07) is 7.33. The Balaban J connectivity index is 2.80. The molecule has 4 nitrogen and oxygen atoms in total. The van der Waals surface area contributed by atoms with Gasteiger partial charge in [-0.05, 0) is 30.7 Å². The molecular formula is C15H21NO3S. The second-order valence-corrected chi connectivity index (χ2v) is 6.46. The highest BCUT2D eigenvalue weighted by Gasteiger charge is 2.17. The number of carbonyl (C=O) groups is 2. The first-order valence-corrected chi connectivity index (χ1v) is 7.59. The fraction of sp³-hybridized carbons (Fsp3) is 0.467. The van der Waals surface area contributed by atoms with Gasteiger partial charge in [-0.15, -0.1) is 11.8 Å². The van der Waals surface area contributed by atoms with E-state index in [-0.39, 0.29) is 12.5 Å². The summed E-state index contributed by atoms with van der Waals surface area (Å²) in [7, 11) is 0. The molecule has 1 amide bonds. The number of amides is 1. The van der Waals surface area contributed by atoms with Crippen molar-refractivity contribution in [3.63, 3.8) is 0 Å². The highest BCUT2D eigenvalue weighted by Crippen LogP contribution is 2.23. The quantitative estimate of drug-likeness (QED) is 0.785. The summed E-state index contributed by atoms with van der Waals surface area (Å²) in [5.74, 6) is -1.21. The van der Waals surface area contributed by atoms with Gasteiger partial charge in [0.15, 0.2) is 0 Å². The maximum Gasteiger partial charge on any atom is 0.323 e. The lowest BCUT2D eigenvalue weighted by molar-refractivity contribution is -0.137. The molecule has 0 unspecified atom stereocenters. The summed E-state index contributed by atoms with van der Waals surface area (Å²) in [5.41, 5.74) is 0.535. The number of rotatable bonds is 7. The van der Waals surface area contributed by atoms with Gasteiger partial charge >= 0.3 is 5.97 Å². The number of hydrogen-bond acceptors (Lipinski definition) is 3. The molecule has 0 aromatic heterocycles. The molecule has 0 fully saturated rings. The molecule has 0 spiro atoms. The Morgan fingerprint density at radius 3 is 2.30 bits per heavy atom. The molecule has 1 aromatic rings. The molecule has 1 rings (SSSR count). The van der Waals surface area contributed by atoms with E-state index in [0.717, 1.165) is 11.3 Å². The molecule has 0 heterocycles. The number of benzene rings is 1. The van der Waals surface area contributed by atoms with E-state index in [2.05, 4.69) is 13.8 Å². The predicted molar refractivity (Wildman–Crippen MR) is 81.3 cm³/mol. The third kappa shape index (κ3) is 5.25. The molecule has 20 heavy (non-hydrogen) atoms. The van der Waals surface area contributed by atoms with E-state index in [1.807, 2.05) is 19.1 Å². The Morgan fingerprint density at radius 2 is 1.85 bits per heavy atom. The predicted octanol–water partition coefficient (Wildman–Crippen LogP) is 3.12. The van der Waals surface area contributed by atoms with Gasteiger partial charge in [0.05, 0.1) is 0 Å². The summed E-state index contributed by atoms with van der Waals surface area (Å²) in [6.45, 7) is 6.34. The molecular weight excluding hydrogens is 274 g/mol. The van der Waals surface area contributed by atoms with Gasteiger partial charge in [-0.2, -0.15) is 0 Å². The van der Waals surface area contributed by atoms with E-state index in [4.69, 9.17) is 5.11 Å². The van der Waals surface area contributed by atoms with Crippen LogP contribution in [-0.4, -0.2) is 40.2 Å². The van der Waals surface area contributed by atoms with Gasteiger partial charge in [0.2, 0.25) is 0 Å². The van der Waals surface area contributed by atoms with Crippen LogP contribution >= 0.6 is 11.8 Å². The van der Waals surface area contributed by atoms with Crippen LogP contribution in [0.15, 0.2) is 29.2 Å². The summed E-state index contributed by atoms with van der Waals surface area (Å²) in [6.07, 6.45) is 0.736. The van der Waals surface area contributed by atoms with Gasteiger partial charge in [-0.25, -0.2) is 0 Å². The van der Waals surface area contributed by atoms with Crippen LogP contribution in [0.1, 0.15) is 37.6 Å². The van der Waals surface area contributed by atoms with Crippen LogP contribution in [0.4, 0.5) is 0 Å². The van der Waals surface area contributed by atoms with Crippen molar-refractivity contribution in [2.24, 2.45) is 0 Å². The fourth-order valence-corrected chi connectivity index (χ4v) is 2.65. The second kappa shape index (κ2) is 7.94. The van der Waals surface area contributed by atoms with Gasteiger partial charge in [0.1, 0.15) is 6.54 Å². The summed E-state index contributed by atoms with van der Waals surface area (Å²) in [5, 5.41) is 9.34. The van der Waals surface area contributed by atoms with Gasteiger partial charge in [0, 0.05) is 22.3 Å². The summed E-state index contributed by atoms with van der Waals surface area (Å²) < 4.78 is 0. The standard InChI is InChI=1S/C15H21NO3S/c1-4-9-16(10-14(17)18)15(19)12-5-7-13(8-6-12)20-11(2)3/h5-8,11H,4,9-10H2,1-3H3,(H,17,18). The lowest BCUT2D eigenvalue weighted by atomic mass is 10.2. The topological polar surface area (TPSA) is 57.6 Å². The molecule has 0 aliphatic rings. The van der Waals surface area contributed by atoms with Crippen molar-refractivity contribution >= 4 is 23.6 Å². The van der Waals surface area contributed by atoms with Crippen LogP contribution in [0.2, 0.25) is 0 Å². The third-order valence-electron chi connectivity index (χ3n) is 2.58. The molecule has 0 atom stereocenters. The molecule has 110 valence electrons. The van der Waals surface area contributed by atoms with Crippen molar-refractivity contribution in [1.29, 1.82) is 0 Å². The smallest absolute Gasteiger partial charge is 0.323 e. The normalized spacial score (nSPS) is 10.6. The monoisotopic (exact) mass is 295 g/mol.